The Kier molecular flexibility index (Phi) is 4.30. The van der Waals surface area contributed by atoms with Crippen molar-refractivity contribution in [3.05, 3.63) is 11.6 Å². The number of carbonyl (C=O) groups excluding carboxylic acids is 1. The Morgan fingerprint density at radius 1 is 1.50 bits per heavy atom. The fraction of sp³-hybridized carbons (Fsp3) is 0.750. The van der Waals surface area contributed by atoms with E-state index in [0.717, 1.165) is 25.6 Å². The molecule has 6 nitrogen and oxygen atoms in total. The number of aromatic nitrogens is 3. The molecule has 0 radical (unpaired) electrons. The first-order valence-corrected chi connectivity index (χ1v) is 6.54. The van der Waals surface area contributed by atoms with Crippen LogP contribution < -0.4 is 5.32 Å². The van der Waals surface area contributed by atoms with Crippen molar-refractivity contribution in [3.8, 4) is 0 Å². The van der Waals surface area contributed by atoms with Crippen molar-refractivity contribution in [1.29, 1.82) is 0 Å². The molecule has 0 aliphatic carbocycles. The first-order chi connectivity index (χ1) is 8.65. The lowest BCUT2D eigenvalue weighted by molar-refractivity contribution is 0.0934. The summed E-state index contributed by atoms with van der Waals surface area (Å²) in [6, 6.07) is 0. The van der Waals surface area contributed by atoms with Crippen LogP contribution in [0.5, 0.6) is 0 Å². The second-order valence-electron chi connectivity index (χ2n) is 5.02. The summed E-state index contributed by atoms with van der Waals surface area (Å²) >= 11 is 0. The van der Waals surface area contributed by atoms with Gasteiger partial charge < -0.3 is 10.2 Å². The number of H-pyrrole nitrogens is 1. The summed E-state index contributed by atoms with van der Waals surface area (Å²) in [7, 11) is 0. The summed E-state index contributed by atoms with van der Waals surface area (Å²) in [5.41, 5.74) is 0. The van der Waals surface area contributed by atoms with Crippen LogP contribution >= 0.6 is 0 Å². The summed E-state index contributed by atoms with van der Waals surface area (Å²) in [5.74, 6) is 1.52. The second kappa shape index (κ2) is 5.95. The lowest BCUT2D eigenvalue weighted by Gasteiger charge is -2.29. The van der Waals surface area contributed by atoms with E-state index in [0.29, 0.717) is 12.4 Å². The lowest BCUT2D eigenvalue weighted by Crippen LogP contribution is -2.39. The van der Waals surface area contributed by atoms with Crippen LogP contribution in [0.15, 0.2) is 0 Å². The monoisotopic (exact) mass is 251 g/mol. The number of aryl methyl sites for hydroxylation is 1. The molecular weight excluding hydrogens is 230 g/mol. The zero-order chi connectivity index (χ0) is 13.0. The molecule has 1 aromatic rings. The van der Waals surface area contributed by atoms with E-state index in [2.05, 4.69) is 32.3 Å². The van der Waals surface area contributed by atoms with Crippen molar-refractivity contribution in [3.63, 3.8) is 0 Å². The van der Waals surface area contributed by atoms with Gasteiger partial charge in [0.05, 0.1) is 0 Å². The highest BCUT2D eigenvalue weighted by atomic mass is 16.2. The van der Waals surface area contributed by atoms with Gasteiger partial charge in [-0.1, -0.05) is 6.92 Å². The normalized spacial score (nSPS) is 17.9. The first-order valence-electron chi connectivity index (χ1n) is 6.54. The van der Waals surface area contributed by atoms with Gasteiger partial charge in [-0.3, -0.25) is 9.89 Å². The molecule has 1 aromatic heterocycles. The van der Waals surface area contributed by atoms with E-state index >= 15 is 0 Å². The number of likely N-dealkylation sites (tertiary alicyclic amines) is 1. The Labute approximate surface area is 107 Å². The number of nitrogens with zero attached hydrogens (tertiary/aromatic N) is 3. The zero-order valence-corrected chi connectivity index (χ0v) is 11.1. The van der Waals surface area contributed by atoms with Crippen molar-refractivity contribution in [2.75, 3.05) is 26.2 Å². The topological polar surface area (TPSA) is 73.9 Å². The Morgan fingerprint density at radius 3 is 2.83 bits per heavy atom. The molecule has 2 heterocycles. The van der Waals surface area contributed by atoms with E-state index < -0.39 is 0 Å². The van der Waals surface area contributed by atoms with Crippen molar-refractivity contribution in [2.24, 2.45) is 5.92 Å². The zero-order valence-electron chi connectivity index (χ0n) is 11.1. The summed E-state index contributed by atoms with van der Waals surface area (Å²) in [4.78, 5) is 18.1. The van der Waals surface area contributed by atoms with Gasteiger partial charge in [0.15, 0.2) is 0 Å². The SMILES string of the molecule is Cc1nc(C(=O)NCCN2CCC(C)CC2)n[nH]1. The average molecular weight is 251 g/mol. The lowest BCUT2D eigenvalue weighted by atomic mass is 9.99. The maximum Gasteiger partial charge on any atom is 0.291 e. The average Bonchev–Trinajstić information content (AvgIpc) is 2.78. The van der Waals surface area contributed by atoms with Gasteiger partial charge in [0.1, 0.15) is 5.82 Å². The minimum absolute atomic E-state index is 0.204. The molecule has 1 aliphatic rings. The number of carbonyl (C=O) groups is 1. The van der Waals surface area contributed by atoms with Crippen LogP contribution in [-0.4, -0.2) is 52.2 Å². The van der Waals surface area contributed by atoms with Crippen LogP contribution in [0.1, 0.15) is 36.2 Å². The van der Waals surface area contributed by atoms with Gasteiger partial charge >= 0.3 is 0 Å². The molecule has 0 unspecified atom stereocenters. The molecule has 100 valence electrons. The third-order valence-corrected chi connectivity index (χ3v) is 3.39. The Bertz CT molecular complexity index is 395. The molecule has 6 heteroatoms. The van der Waals surface area contributed by atoms with E-state index in [4.69, 9.17) is 0 Å². The molecule has 0 saturated carbocycles. The summed E-state index contributed by atoms with van der Waals surface area (Å²) in [6.45, 7) is 7.90. The molecule has 1 saturated heterocycles. The van der Waals surface area contributed by atoms with Crippen LogP contribution in [0.2, 0.25) is 0 Å². The van der Waals surface area contributed by atoms with Gasteiger partial charge in [0, 0.05) is 13.1 Å². The molecule has 1 fully saturated rings. The second-order valence-corrected chi connectivity index (χ2v) is 5.02. The third-order valence-electron chi connectivity index (χ3n) is 3.39. The third kappa shape index (κ3) is 3.53. The van der Waals surface area contributed by atoms with Crippen molar-refractivity contribution < 1.29 is 4.79 Å². The van der Waals surface area contributed by atoms with Gasteiger partial charge in [-0.25, -0.2) is 4.98 Å². The number of rotatable bonds is 4. The summed E-state index contributed by atoms with van der Waals surface area (Å²) in [6.07, 6.45) is 2.52. The number of aromatic amines is 1. The van der Waals surface area contributed by atoms with E-state index in [1.807, 2.05) is 0 Å². The minimum atomic E-state index is -0.204. The molecule has 0 aromatic carbocycles. The molecule has 18 heavy (non-hydrogen) atoms. The molecule has 2 N–H and O–H groups in total. The standard InChI is InChI=1S/C12H21N5O/c1-9-3-6-17(7-4-9)8-5-13-12(18)11-14-10(2)15-16-11/h9H,3-8H2,1-2H3,(H,13,18)(H,14,15,16). The highest BCUT2D eigenvalue weighted by Crippen LogP contribution is 2.14. The number of hydrogen-bond acceptors (Lipinski definition) is 4. The highest BCUT2D eigenvalue weighted by molar-refractivity contribution is 5.90. The maximum absolute atomic E-state index is 11.7. The van der Waals surface area contributed by atoms with Gasteiger partial charge in [0.25, 0.3) is 5.91 Å². The van der Waals surface area contributed by atoms with E-state index in [-0.39, 0.29) is 11.7 Å². The number of nitrogens with one attached hydrogen (secondary N) is 2. The minimum Gasteiger partial charge on any atom is -0.348 e. The Balaban J connectivity index is 1.67. The fourth-order valence-electron chi connectivity index (χ4n) is 2.14. The quantitative estimate of drug-likeness (QED) is 0.820. The summed E-state index contributed by atoms with van der Waals surface area (Å²) in [5, 5.41) is 9.34. The van der Waals surface area contributed by atoms with Gasteiger partial charge in [-0.05, 0) is 38.8 Å². The Morgan fingerprint density at radius 2 is 2.22 bits per heavy atom. The number of piperidine rings is 1. The molecular formula is C12H21N5O. The van der Waals surface area contributed by atoms with Crippen LogP contribution in [0.25, 0.3) is 0 Å². The van der Waals surface area contributed by atoms with Crippen LogP contribution in [0.3, 0.4) is 0 Å². The van der Waals surface area contributed by atoms with E-state index in [9.17, 15) is 4.79 Å². The van der Waals surface area contributed by atoms with Crippen LogP contribution in [0.4, 0.5) is 0 Å². The predicted octanol–water partition coefficient (Wildman–Crippen LogP) is 0.575. The van der Waals surface area contributed by atoms with Crippen molar-refractivity contribution >= 4 is 5.91 Å². The van der Waals surface area contributed by atoms with Crippen LogP contribution in [-0.2, 0) is 0 Å². The highest BCUT2D eigenvalue weighted by Gasteiger charge is 2.16. The van der Waals surface area contributed by atoms with Gasteiger partial charge in [0.2, 0.25) is 5.82 Å². The molecule has 1 amide bonds. The van der Waals surface area contributed by atoms with Crippen molar-refractivity contribution in [1.82, 2.24) is 25.4 Å². The molecule has 0 bridgehead atoms. The molecule has 0 atom stereocenters. The predicted molar refractivity (Wildman–Crippen MR) is 68.3 cm³/mol. The molecule has 0 spiro atoms. The van der Waals surface area contributed by atoms with Crippen molar-refractivity contribution in [2.45, 2.75) is 26.7 Å². The smallest absolute Gasteiger partial charge is 0.291 e. The number of hydrogen-bond donors (Lipinski definition) is 2. The first kappa shape index (κ1) is 13.0. The summed E-state index contributed by atoms with van der Waals surface area (Å²) < 4.78 is 0. The largest absolute Gasteiger partial charge is 0.348 e. The molecule has 1 aliphatic heterocycles. The number of amides is 1. The van der Waals surface area contributed by atoms with Gasteiger partial charge in [-0.2, -0.15) is 0 Å². The Hall–Kier alpha value is -1.43. The maximum atomic E-state index is 11.7. The van der Waals surface area contributed by atoms with Gasteiger partial charge in [-0.15, -0.1) is 5.10 Å². The van der Waals surface area contributed by atoms with Crippen LogP contribution in [0, 0.1) is 12.8 Å². The van der Waals surface area contributed by atoms with E-state index in [1.165, 1.54) is 12.8 Å². The van der Waals surface area contributed by atoms with E-state index in [1.54, 1.807) is 6.92 Å². The molecule has 2 rings (SSSR count). The fourth-order valence-corrected chi connectivity index (χ4v) is 2.14.